The van der Waals surface area contributed by atoms with Crippen LogP contribution in [0.4, 0.5) is 0 Å². The topological polar surface area (TPSA) is 0 Å². The molecule has 0 saturated heterocycles. The Morgan fingerprint density at radius 1 is 1.09 bits per heavy atom. The minimum absolute atomic E-state index is 0.952. The third-order valence-corrected chi connectivity index (χ3v) is 1.03. The molecule has 11 heavy (non-hydrogen) atoms. The zero-order chi connectivity index (χ0) is 8.69. The minimum Gasteiger partial charge on any atom is -0.0991 e. The molecule has 0 heterocycles. The van der Waals surface area contributed by atoms with E-state index >= 15 is 0 Å². The van der Waals surface area contributed by atoms with E-state index in [2.05, 4.69) is 19.7 Å². The molecule has 0 aliphatic rings. The molecule has 0 aliphatic heterocycles. The summed E-state index contributed by atoms with van der Waals surface area (Å²) >= 11 is 0. The zero-order valence-electron chi connectivity index (χ0n) is 7.01. The highest BCUT2D eigenvalue weighted by molar-refractivity contribution is 5.32. The molecule has 0 nitrogen and oxygen atoms in total. The Labute approximate surface area is 68.9 Å². The van der Waals surface area contributed by atoms with E-state index in [0.29, 0.717) is 0 Å². The molecular weight excluding hydrogens is 132 g/mol. The van der Waals surface area contributed by atoms with Crippen molar-refractivity contribution in [2.75, 3.05) is 0 Å². The summed E-state index contributed by atoms with van der Waals surface area (Å²) in [7, 11) is 0. The van der Waals surface area contributed by atoms with E-state index in [4.69, 9.17) is 0 Å². The van der Waals surface area contributed by atoms with E-state index < -0.39 is 0 Å². The Hall–Kier alpha value is -1.30. The van der Waals surface area contributed by atoms with Gasteiger partial charge in [0.25, 0.3) is 0 Å². The van der Waals surface area contributed by atoms with Crippen LogP contribution in [0.15, 0.2) is 61.3 Å². The summed E-state index contributed by atoms with van der Waals surface area (Å²) in [6.07, 6.45) is 9.31. The monoisotopic (exact) mass is 146 g/mol. The lowest BCUT2D eigenvalue weighted by molar-refractivity contribution is 1.55. The van der Waals surface area contributed by atoms with E-state index in [0.717, 1.165) is 11.1 Å². The average Bonchev–Trinajstić information content (AvgIpc) is 1.97. The van der Waals surface area contributed by atoms with Crippen LogP contribution < -0.4 is 0 Å². The molecule has 0 aromatic heterocycles. The van der Waals surface area contributed by atoms with Crippen molar-refractivity contribution in [2.24, 2.45) is 0 Å². The van der Waals surface area contributed by atoms with Crippen LogP contribution in [0.5, 0.6) is 0 Å². The molecule has 0 heteroatoms. The lowest BCUT2D eigenvalue weighted by Gasteiger charge is -1.87. The predicted molar refractivity (Wildman–Crippen MR) is 52.4 cm³/mol. The van der Waals surface area contributed by atoms with Crippen molar-refractivity contribution in [1.82, 2.24) is 0 Å². The molecule has 0 rings (SSSR count). The summed E-state index contributed by atoms with van der Waals surface area (Å²) in [6, 6.07) is 0. The predicted octanol–water partition coefficient (Wildman–Crippen LogP) is 3.42. The van der Waals surface area contributed by atoms with Gasteiger partial charge in [0.15, 0.2) is 0 Å². The van der Waals surface area contributed by atoms with Gasteiger partial charge in [-0.1, -0.05) is 55.7 Å². The maximum Gasteiger partial charge on any atom is -0.0329 e. The van der Waals surface area contributed by atoms with Crippen molar-refractivity contribution in [3.05, 3.63) is 61.3 Å². The van der Waals surface area contributed by atoms with Gasteiger partial charge in [0.1, 0.15) is 0 Å². The van der Waals surface area contributed by atoms with Crippen LogP contribution >= 0.6 is 0 Å². The van der Waals surface area contributed by atoms with E-state index in [1.54, 1.807) is 6.08 Å². The first-order valence-corrected chi connectivity index (χ1v) is 3.48. The number of rotatable bonds is 4. The molecule has 58 valence electrons. The van der Waals surface area contributed by atoms with Gasteiger partial charge in [0, 0.05) is 0 Å². The van der Waals surface area contributed by atoms with Gasteiger partial charge in [-0.25, -0.2) is 0 Å². The van der Waals surface area contributed by atoms with Gasteiger partial charge in [-0.15, -0.1) is 0 Å². The highest BCUT2D eigenvalue weighted by Gasteiger charge is 1.77. The lowest BCUT2D eigenvalue weighted by atomic mass is 10.2. The van der Waals surface area contributed by atoms with Gasteiger partial charge in [-0.2, -0.15) is 0 Å². The maximum absolute atomic E-state index is 3.80. The first-order chi connectivity index (χ1) is 5.16. The molecule has 0 bridgehead atoms. The molecule has 0 aliphatic carbocycles. The summed E-state index contributed by atoms with van der Waals surface area (Å²) in [4.78, 5) is 0. The van der Waals surface area contributed by atoms with E-state index in [-0.39, 0.29) is 0 Å². The first-order valence-electron chi connectivity index (χ1n) is 3.48. The smallest absolute Gasteiger partial charge is 0.0329 e. The number of hydrogen-bond donors (Lipinski definition) is 0. The van der Waals surface area contributed by atoms with Crippen LogP contribution in [-0.4, -0.2) is 0 Å². The standard InChI is InChI=1S/C11H14/c1-5-6-7-11(4)9-8-10(2)3/h5-9H,1-2,4H2,3H3/b7-6-,9-8+. The zero-order valence-corrected chi connectivity index (χ0v) is 7.01. The van der Waals surface area contributed by atoms with Crippen molar-refractivity contribution < 1.29 is 0 Å². The molecule has 0 fully saturated rings. The van der Waals surface area contributed by atoms with Gasteiger partial charge in [0.2, 0.25) is 0 Å². The third-order valence-electron chi connectivity index (χ3n) is 1.03. The van der Waals surface area contributed by atoms with Crippen LogP contribution in [0.1, 0.15) is 6.92 Å². The molecular formula is C11H14. The average molecular weight is 146 g/mol. The fraction of sp³-hybridized carbons (Fsp3) is 0.0909. The fourth-order valence-electron chi connectivity index (χ4n) is 0.496. The first kappa shape index (κ1) is 9.70. The second-order valence-electron chi connectivity index (χ2n) is 2.35. The van der Waals surface area contributed by atoms with Crippen LogP contribution in [0.25, 0.3) is 0 Å². The number of hydrogen-bond acceptors (Lipinski definition) is 0. The van der Waals surface area contributed by atoms with Gasteiger partial charge in [0.05, 0.1) is 0 Å². The Kier molecular flexibility index (Phi) is 4.83. The Morgan fingerprint density at radius 2 is 1.73 bits per heavy atom. The SMILES string of the molecule is C=C/C=C\C(=C)/C=C/C(=C)C. The second kappa shape index (κ2) is 5.48. The van der Waals surface area contributed by atoms with E-state index in [1.165, 1.54) is 0 Å². The summed E-state index contributed by atoms with van der Waals surface area (Å²) in [6.45, 7) is 13.0. The van der Waals surface area contributed by atoms with Crippen LogP contribution in [0.3, 0.4) is 0 Å². The van der Waals surface area contributed by atoms with Crippen molar-refractivity contribution in [1.29, 1.82) is 0 Å². The van der Waals surface area contributed by atoms with E-state index in [1.807, 2.05) is 31.2 Å². The lowest BCUT2D eigenvalue weighted by Crippen LogP contribution is -1.66. The Morgan fingerprint density at radius 3 is 2.18 bits per heavy atom. The third kappa shape index (κ3) is 6.59. The minimum atomic E-state index is 0.952. The molecule has 0 atom stereocenters. The molecule has 0 amide bonds. The molecule has 0 N–H and O–H groups in total. The highest BCUT2D eigenvalue weighted by Crippen LogP contribution is 1.98. The quantitative estimate of drug-likeness (QED) is 0.533. The molecule has 0 saturated carbocycles. The van der Waals surface area contributed by atoms with Gasteiger partial charge in [-0.3, -0.25) is 0 Å². The second-order valence-corrected chi connectivity index (χ2v) is 2.35. The number of allylic oxidation sites excluding steroid dienone is 7. The van der Waals surface area contributed by atoms with Gasteiger partial charge >= 0.3 is 0 Å². The van der Waals surface area contributed by atoms with Crippen molar-refractivity contribution in [2.45, 2.75) is 6.92 Å². The Balaban J connectivity index is 3.97. The van der Waals surface area contributed by atoms with Crippen molar-refractivity contribution in [3.63, 3.8) is 0 Å². The molecule has 0 aromatic rings. The summed E-state index contributed by atoms with van der Waals surface area (Å²) in [5.74, 6) is 0. The van der Waals surface area contributed by atoms with Crippen molar-refractivity contribution in [3.8, 4) is 0 Å². The van der Waals surface area contributed by atoms with Gasteiger partial charge in [-0.05, 0) is 12.5 Å². The summed E-state index contributed by atoms with van der Waals surface area (Å²) in [5, 5.41) is 0. The van der Waals surface area contributed by atoms with Crippen LogP contribution in [0, 0.1) is 0 Å². The van der Waals surface area contributed by atoms with Crippen LogP contribution in [0.2, 0.25) is 0 Å². The maximum atomic E-state index is 3.80. The van der Waals surface area contributed by atoms with E-state index in [9.17, 15) is 0 Å². The fourth-order valence-corrected chi connectivity index (χ4v) is 0.496. The molecule has 0 aromatic carbocycles. The highest BCUT2D eigenvalue weighted by atomic mass is 13.8. The van der Waals surface area contributed by atoms with Crippen LogP contribution in [-0.2, 0) is 0 Å². The van der Waals surface area contributed by atoms with Crippen molar-refractivity contribution >= 4 is 0 Å². The summed E-state index contributed by atoms with van der Waals surface area (Å²) in [5.41, 5.74) is 1.98. The molecule has 0 radical (unpaired) electrons. The molecule has 0 spiro atoms. The summed E-state index contributed by atoms with van der Waals surface area (Å²) < 4.78 is 0. The normalized spacial score (nSPS) is 10.6. The molecule has 0 unspecified atom stereocenters. The largest absolute Gasteiger partial charge is 0.0991 e. The van der Waals surface area contributed by atoms with Gasteiger partial charge < -0.3 is 0 Å². The Bertz CT molecular complexity index is 214.